The van der Waals surface area contributed by atoms with E-state index in [4.69, 9.17) is 4.74 Å². The van der Waals surface area contributed by atoms with Gasteiger partial charge in [0.25, 0.3) is 0 Å². The van der Waals surface area contributed by atoms with Crippen LogP contribution in [-0.2, 0) is 4.74 Å². The normalized spacial score (nSPS) is 19.1. The predicted molar refractivity (Wildman–Crippen MR) is 79.5 cm³/mol. The number of nitrogens with zero attached hydrogens (tertiary/aromatic N) is 1. The van der Waals surface area contributed by atoms with Gasteiger partial charge in [-0.2, -0.15) is 0 Å². The lowest BCUT2D eigenvalue weighted by molar-refractivity contribution is 0.118. The molecule has 0 saturated heterocycles. The van der Waals surface area contributed by atoms with E-state index < -0.39 is 0 Å². The zero-order valence-electron chi connectivity index (χ0n) is 13.1. The Bertz CT molecular complexity index is 244. The molecule has 4 heteroatoms. The molecular weight excluding hydrogens is 240 g/mol. The van der Waals surface area contributed by atoms with Gasteiger partial charge < -0.3 is 15.2 Å². The van der Waals surface area contributed by atoms with Gasteiger partial charge in [0.15, 0.2) is 0 Å². The Hall–Kier alpha value is -0.160. The average molecular weight is 272 g/mol. The lowest BCUT2D eigenvalue weighted by Gasteiger charge is -2.31. The van der Waals surface area contributed by atoms with Crippen molar-refractivity contribution in [2.75, 3.05) is 33.4 Å². The Balaban J connectivity index is 2.27. The third-order valence-electron chi connectivity index (χ3n) is 3.97. The summed E-state index contributed by atoms with van der Waals surface area (Å²) in [6.07, 6.45) is 4.66. The molecule has 1 saturated carbocycles. The highest BCUT2D eigenvalue weighted by atomic mass is 16.5. The molecule has 1 rings (SSSR count). The summed E-state index contributed by atoms with van der Waals surface area (Å²) in [7, 11) is 1.75. The second-order valence-electron chi connectivity index (χ2n) is 6.36. The first kappa shape index (κ1) is 16.9. The van der Waals surface area contributed by atoms with E-state index in [-0.39, 0.29) is 12.1 Å². The van der Waals surface area contributed by atoms with Crippen molar-refractivity contribution in [1.29, 1.82) is 0 Å². The summed E-state index contributed by atoms with van der Waals surface area (Å²) in [5, 5.41) is 13.2. The summed E-state index contributed by atoms with van der Waals surface area (Å²) in [5.74, 6) is 0. The Kier molecular flexibility index (Phi) is 7.29. The maximum Gasteiger partial charge on any atom is 0.0610 e. The van der Waals surface area contributed by atoms with E-state index in [9.17, 15) is 5.11 Å². The molecule has 0 bridgehead atoms. The molecule has 114 valence electrons. The van der Waals surface area contributed by atoms with Crippen LogP contribution < -0.4 is 5.32 Å². The Morgan fingerprint density at radius 1 is 1.37 bits per heavy atom. The minimum atomic E-state index is -0.106. The van der Waals surface area contributed by atoms with Gasteiger partial charge >= 0.3 is 0 Å². The van der Waals surface area contributed by atoms with Crippen LogP contribution in [0.3, 0.4) is 0 Å². The molecule has 1 fully saturated rings. The van der Waals surface area contributed by atoms with E-state index in [1.54, 1.807) is 7.11 Å². The number of methoxy groups -OCH3 is 1. The topological polar surface area (TPSA) is 44.7 Å². The first-order valence-electron chi connectivity index (χ1n) is 7.62. The highest BCUT2D eigenvalue weighted by Gasteiger charge is 2.31. The molecule has 0 aliphatic heterocycles. The molecule has 0 aromatic rings. The number of rotatable bonds is 11. The van der Waals surface area contributed by atoms with Crippen LogP contribution in [0.4, 0.5) is 0 Å². The monoisotopic (exact) mass is 272 g/mol. The van der Waals surface area contributed by atoms with Gasteiger partial charge in [0.2, 0.25) is 0 Å². The van der Waals surface area contributed by atoms with Crippen LogP contribution in [0.5, 0.6) is 0 Å². The van der Waals surface area contributed by atoms with Gasteiger partial charge in [0.1, 0.15) is 0 Å². The lowest BCUT2D eigenvalue weighted by Crippen LogP contribution is -2.47. The Morgan fingerprint density at radius 3 is 2.53 bits per heavy atom. The molecule has 0 amide bonds. The lowest BCUT2D eigenvalue weighted by atomic mass is 9.96. The summed E-state index contributed by atoms with van der Waals surface area (Å²) in [6, 6.07) is 1.19. The second kappa shape index (κ2) is 8.20. The van der Waals surface area contributed by atoms with E-state index in [0.717, 1.165) is 32.5 Å². The molecule has 1 unspecified atom stereocenters. The number of ether oxygens (including phenoxy) is 1. The molecule has 0 aromatic heterocycles. The summed E-state index contributed by atoms with van der Waals surface area (Å²) < 4.78 is 5.16. The third-order valence-corrected chi connectivity index (χ3v) is 3.97. The maximum atomic E-state index is 9.58. The van der Waals surface area contributed by atoms with Crippen molar-refractivity contribution in [2.24, 2.45) is 0 Å². The summed E-state index contributed by atoms with van der Waals surface area (Å²) in [4.78, 5) is 2.44. The fourth-order valence-corrected chi connectivity index (χ4v) is 2.43. The van der Waals surface area contributed by atoms with E-state index in [1.807, 2.05) is 0 Å². The highest BCUT2D eigenvalue weighted by Crippen LogP contribution is 2.24. The molecule has 1 aliphatic rings. The largest absolute Gasteiger partial charge is 0.394 e. The van der Waals surface area contributed by atoms with E-state index >= 15 is 0 Å². The minimum Gasteiger partial charge on any atom is -0.394 e. The van der Waals surface area contributed by atoms with Crippen LogP contribution in [0.15, 0.2) is 0 Å². The van der Waals surface area contributed by atoms with Crippen LogP contribution in [0.1, 0.15) is 46.5 Å². The van der Waals surface area contributed by atoms with E-state index in [0.29, 0.717) is 12.1 Å². The molecule has 0 spiro atoms. The second-order valence-corrected chi connectivity index (χ2v) is 6.36. The number of nitrogens with one attached hydrogen (secondary N) is 1. The summed E-state index contributed by atoms with van der Waals surface area (Å²) in [5.41, 5.74) is -0.106. The van der Waals surface area contributed by atoms with Crippen LogP contribution >= 0.6 is 0 Å². The maximum absolute atomic E-state index is 9.58. The van der Waals surface area contributed by atoms with Crippen LogP contribution in [0, 0.1) is 0 Å². The SMILES string of the molecule is COCCN(CCCC(C)(CO)NC1CC1)C(C)C. The standard InChI is InChI=1S/C15H32N2O2/c1-13(2)17(10-11-19-4)9-5-8-15(3,12-18)16-14-6-7-14/h13-14,16,18H,5-12H2,1-4H3. The average Bonchev–Trinajstić information content (AvgIpc) is 3.16. The molecule has 0 heterocycles. The van der Waals surface area contributed by atoms with Gasteiger partial charge in [0.05, 0.1) is 13.2 Å². The van der Waals surface area contributed by atoms with Crippen molar-refractivity contribution in [3.63, 3.8) is 0 Å². The van der Waals surface area contributed by atoms with Crippen molar-refractivity contribution in [3.05, 3.63) is 0 Å². The van der Waals surface area contributed by atoms with Gasteiger partial charge in [-0.15, -0.1) is 0 Å². The predicted octanol–water partition coefficient (Wildman–Crippen LogP) is 1.63. The number of hydrogen-bond acceptors (Lipinski definition) is 4. The molecule has 0 radical (unpaired) electrons. The van der Waals surface area contributed by atoms with Crippen molar-refractivity contribution < 1.29 is 9.84 Å². The molecule has 0 aromatic carbocycles. The number of aliphatic hydroxyl groups excluding tert-OH is 1. The van der Waals surface area contributed by atoms with Crippen LogP contribution in [-0.4, -0.2) is 61.0 Å². The van der Waals surface area contributed by atoms with Crippen LogP contribution in [0.2, 0.25) is 0 Å². The molecule has 1 atom stereocenters. The molecule has 19 heavy (non-hydrogen) atoms. The molecule has 1 aliphatic carbocycles. The van der Waals surface area contributed by atoms with Crippen molar-refractivity contribution in [3.8, 4) is 0 Å². The fraction of sp³-hybridized carbons (Fsp3) is 1.00. The van der Waals surface area contributed by atoms with Crippen molar-refractivity contribution in [1.82, 2.24) is 10.2 Å². The number of aliphatic hydroxyl groups is 1. The number of hydrogen-bond donors (Lipinski definition) is 2. The summed E-state index contributed by atoms with van der Waals surface area (Å²) >= 11 is 0. The molecule has 4 nitrogen and oxygen atoms in total. The molecular formula is C15H32N2O2. The fourth-order valence-electron chi connectivity index (χ4n) is 2.43. The zero-order valence-corrected chi connectivity index (χ0v) is 13.1. The van der Waals surface area contributed by atoms with Crippen LogP contribution in [0.25, 0.3) is 0 Å². The minimum absolute atomic E-state index is 0.106. The quantitative estimate of drug-likeness (QED) is 0.600. The molecule has 2 N–H and O–H groups in total. The van der Waals surface area contributed by atoms with Crippen molar-refractivity contribution >= 4 is 0 Å². The van der Waals surface area contributed by atoms with E-state index in [1.165, 1.54) is 12.8 Å². The van der Waals surface area contributed by atoms with Gasteiger partial charge in [-0.25, -0.2) is 0 Å². The van der Waals surface area contributed by atoms with Gasteiger partial charge in [0, 0.05) is 31.3 Å². The summed E-state index contributed by atoms with van der Waals surface area (Å²) in [6.45, 7) is 9.66. The zero-order chi connectivity index (χ0) is 14.3. The smallest absolute Gasteiger partial charge is 0.0610 e. The Labute approximate surface area is 118 Å². The van der Waals surface area contributed by atoms with E-state index in [2.05, 4.69) is 31.0 Å². The first-order valence-corrected chi connectivity index (χ1v) is 7.62. The van der Waals surface area contributed by atoms with Gasteiger partial charge in [-0.1, -0.05) is 0 Å². The van der Waals surface area contributed by atoms with Gasteiger partial charge in [-0.3, -0.25) is 4.90 Å². The third kappa shape index (κ3) is 6.70. The van der Waals surface area contributed by atoms with Crippen molar-refractivity contribution in [2.45, 2.75) is 64.1 Å². The Morgan fingerprint density at radius 2 is 2.05 bits per heavy atom. The van der Waals surface area contributed by atoms with Gasteiger partial charge in [-0.05, 0) is 53.0 Å². The first-order chi connectivity index (χ1) is 9.00. The highest BCUT2D eigenvalue weighted by molar-refractivity contribution is 4.92.